The third kappa shape index (κ3) is 3.51. The second-order valence-corrected chi connectivity index (χ2v) is 4.77. The number of nitrogens with two attached hydrogens (primary N) is 1. The van der Waals surface area contributed by atoms with Crippen LogP contribution in [0.1, 0.15) is 36.8 Å². The van der Waals surface area contributed by atoms with Crippen LogP contribution in [-0.4, -0.2) is 6.61 Å². The van der Waals surface area contributed by atoms with Gasteiger partial charge in [0.1, 0.15) is 5.82 Å². The first-order valence-corrected chi connectivity index (χ1v) is 6.34. The smallest absolute Gasteiger partial charge is 0.127 e. The van der Waals surface area contributed by atoms with Gasteiger partial charge in [-0.3, -0.25) is 0 Å². The molecule has 1 aromatic rings. The first kappa shape index (κ1) is 12.5. The van der Waals surface area contributed by atoms with Gasteiger partial charge in [0.05, 0.1) is 6.61 Å². The van der Waals surface area contributed by atoms with Crippen LogP contribution in [0.5, 0.6) is 0 Å². The molecule has 17 heavy (non-hydrogen) atoms. The molecule has 0 bridgehead atoms. The molecule has 3 heteroatoms. The quantitative estimate of drug-likeness (QED) is 0.772. The van der Waals surface area contributed by atoms with Gasteiger partial charge in [-0.2, -0.15) is 0 Å². The fourth-order valence-corrected chi connectivity index (χ4v) is 2.10. The lowest BCUT2D eigenvalue weighted by Gasteiger charge is -2.24. The van der Waals surface area contributed by atoms with E-state index >= 15 is 0 Å². The molecule has 0 atom stereocenters. The van der Waals surface area contributed by atoms with Crippen molar-refractivity contribution in [2.45, 2.75) is 38.8 Å². The Morgan fingerprint density at radius 1 is 1.35 bits per heavy atom. The van der Waals surface area contributed by atoms with Gasteiger partial charge in [-0.05, 0) is 30.0 Å². The molecule has 0 aliphatic heterocycles. The summed E-state index contributed by atoms with van der Waals surface area (Å²) in [6.45, 7) is 1.60. The fourth-order valence-electron chi connectivity index (χ4n) is 2.10. The van der Waals surface area contributed by atoms with Crippen molar-refractivity contribution in [3.8, 4) is 0 Å². The van der Waals surface area contributed by atoms with Gasteiger partial charge >= 0.3 is 0 Å². The Morgan fingerprint density at radius 2 is 2.18 bits per heavy atom. The summed E-state index contributed by atoms with van der Waals surface area (Å²) in [6.07, 6.45) is 5.25. The first-order chi connectivity index (χ1) is 8.29. The summed E-state index contributed by atoms with van der Waals surface area (Å²) >= 11 is 0. The number of hydrogen-bond donors (Lipinski definition) is 1. The van der Waals surface area contributed by atoms with Gasteiger partial charge in [0.25, 0.3) is 0 Å². The zero-order valence-corrected chi connectivity index (χ0v) is 10.1. The number of ether oxygens (including phenoxy) is 1. The molecule has 1 fully saturated rings. The van der Waals surface area contributed by atoms with E-state index in [4.69, 9.17) is 10.5 Å². The molecule has 0 saturated heterocycles. The maximum Gasteiger partial charge on any atom is 0.127 e. The number of hydrogen-bond acceptors (Lipinski definition) is 2. The number of halogens is 1. The third-order valence-corrected chi connectivity index (χ3v) is 3.49. The van der Waals surface area contributed by atoms with Crippen molar-refractivity contribution in [2.24, 2.45) is 11.7 Å². The van der Waals surface area contributed by atoms with E-state index in [1.54, 1.807) is 12.1 Å². The van der Waals surface area contributed by atoms with E-state index in [1.165, 1.54) is 25.3 Å². The Hall–Kier alpha value is -0.930. The predicted molar refractivity (Wildman–Crippen MR) is 65.9 cm³/mol. The lowest BCUT2D eigenvalue weighted by atomic mass is 9.83. The van der Waals surface area contributed by atoms with Crippen LogP contribution in [0.25, 0.3) is 0 Å². The van der Waals surface area contributed by atoms with Crippen molar-refractivity contribution in [1.29, 1.82) is 0 Å². The summed E-state index contributed by atoms with van der Waals surface area (Å²) in [5, 5.41) is 0. The van der Waals surface area contributed by atoms with Gasteiger partial charge in [-0.1, -0.05) is 25.3 Å². The molecular weight excluding hydrogens is 217 g/mol. The van der Waals surface area contributed by atoms with Crippen LogP contribution < -0.4 is 5.73 Å². The minimum Gasteiger partial charge on any atom is -0.377 e. The van der Waals surface area contributed by atoms with E-state index in [2.05, 4.69) is 0 Å². The summed E-state index contributed by atoms with van der Waals surface area (Å²) in [4.78, 5) is 0. The number of rotatable bonds is 6. The molecule has 2 nitrogen and oxygen atoms in total. The van der Waals surface area contributed by atoms with E-state index in [9.17, 15) is 4.39 Å². The van der Waals surface area contributed by atoms with Crippen molar-refractivity contribution in [2.75, 3.05) is 6.61 Å². The summed E-state index contributed by atoms with van der Waals surface area (Å²) in [6, 6.07) is 5.02. The normalized spacial score (nSPS) is 15.9. The van der Waals surface area contributed by atoms with Crippen molar-refractivity contribution in [3.63, 3.8) is 0 Å². The summed E-state index contributed by atoms with van der Waals surface area (Å²) in [5.41, 5.74) is 7.02. The minimum absolute atomic E-state index is 0.231. The molecule has 1 aliphatic rings. The second-order valence-electron chi connectivity index (χ2n) is 4.77. The van der Waals surface area contributed by atoms with Gasteiger partial charge in [-0.15, -0.1) is 0 Å². The summed E-state index contributed by atoms with van der Waals surface area (Å²) in [7, 11) is 0. The average molecular weight is 237 g/mol. The van der Waals surface area contributed by atoms with Crippen LogP contribution in [0.15, 0.2) is 18.2 Å². The predicted octanol–water partition coefficient (Wildman–Crippen LogP) is 2.99. The molecule has 0 unspecified atom stereocenters. The van der Waals surface area contributed by atoms with E-state index in [-0.39, 0.29) is 12.4 Å². The highest BCUT2D eigenvalue weighted by molar-refractivity contribution is 5.24. The molecule has 0 spiro atoms. The highest BCUT2D eigenvalue weighted by Gasteiger charge is 2.16. The fraction of sp³-hybridized carbons (Fsp3) is 0.571. The Bertz CT molecular complexity index is 363. The highest BCUT2D eigenvalue weighted by Crippen LogP contribution is 2.29. The monoisotopic (exact) mass is 237 g/mol. The van der Waals surface area contributed by atoms with Crippen molar-refractivity contribution < 1.29 is 9.13 Å². The molecule has 0 radical (unpaired) electrons. The van der Waals surface area contributed by atoms with Gasteiger partial charge in [-0.25, -0.2) is 4.39 Å². The van der Waals surface area contributed by atoms with Crippen molar-refractivity contribution in [3.05, 3.63) is 35.1 Å². The molecule has 0 amide bonds. The number of benzene rings is 1. The summed E-state index contributed by atoms with van der Waals surface area (Å²) < 4.78 is 18.8. The Kier molecular flexibility index (Phi) is 4.51. The van der Waals surface area contributed by atoms with Crippen molar-refractivity contribution >= 4 is 0 Å². The molecule has 2 rings (SSSR count). The minimum atomic E-state index is -0.231. The van der Waals surface area contributed by atoms with Crippen molar-refractivity contribution in [1.82, 2.24) is 0 Å². The second kappa shape index (κ2) is 6.12. The Labute approximate surface area is 102 Å². The topological polar surface area (TPSA) is 35.2 Å². The average Bonchev–Trinajstić information content (AvgIpc) is 2.28. The Morgan fingerprint density at radius 3 is 2.82 bits per heavy atom. The Balaban J connectivity index is 1.74. The molecule has 1 aliphatic carbocycles. The van der Waals surface area contributed by atoms with Crippen LogP contribution in [-0.2, 0) is 17.9 Å². The van der Waals surface area contributed by atoms with E-state index in [0.717, 1.165) is 24.5 Å². The van der Waals surface area contributed by atoms with Crippen LogP contribution in [0.3, 0.4) is 0 Å². The van der Waals surface area contributed by atoms with Crippen LogP contribution in [0, 0.1) is 11.7 Å². The molecule has 1 saturated carbocycles. The van der Waals surface area contributed by atoms with E-state index in [1.807, 2.05) is 0 Å². The standard InChI is InChI=1S/C14H20FNO/c15-14-5-4-12(8-13(14)9-16)10-17-7-6-11-2-1-3-11/h4-5,8,11H,1-3,6-7,9-10,16H2. The summed E-state index contributed by atoms with van der Waals surface area (Å²) in [5.74, 6) is 0.647. The lowest BCUT2D eigenvalue weighted by molar-refractivity contribution is 0.0949. The molecule has 0 aromatic heterocycles. The maximum absolute atomic E-state index is 13.2. The van der Waals surface area contributed by atoms with Crippen LogP contribution >= 0.6 is 0 Å². The van der Waals surface area contributed by atoms with Crippen LogP contribution in [0.4, 0.5) is 4.39 Å². The molecule has 1 aromatic carbocycles. The third-order valence-electron chi connectivity index (χ3n) is 3.49. The SMILES string of the molecule is NCc1cc(COCCC2CCC2)ccc1F. The molecular formula is C14H20FNO. The van der Waals surface area contributed by atoms with Gasteiger partial charge < -0.3 is 10.5 Å². The molecule has 0 heterocycles. The van der Waals surface area contributed by atoms with E-state index in [0.29, 0.717) is 12.2 Å². The first-order valence-electron chi connectivity index (χ1n) is 6.34. The maximum atomic E-state index is 13.2. The van der Waals surface area contributed by atoms with Gasteiger partial charge in [0.15, 0.2) is 0 Å². The lowest BCUT2D eigenvalue weighted by Crippen LogP contribution is -2.13. The zero-order chi connectivity index (χ0) is 12.1. The van der Waals surface area contributed by atoms with Gasteiger partial charge in [0.2, 0.25) is 0 Å². The van der Waals surface area contributed by atoms with Gasteiger partial charge in [0, 0.05) is 18.7 Å². The zero-order valence-electron chi connectivity index (χ0n) is 10.1. The largest absolute Gasteiger partial charge is 0.377 e. The van der Waals surface area contributed by atoms with Crippen LogP contribution in [0.2, 0.25) is 0 Å². The van der Waals surface area contributed by atoms with E-state index < -0.39 is 0 Å². The highest BCUT2D eigenvalue weighted by atomic mass is 19.1. The molecule has 2 N–H and O–H groups in total. The molecule has 94 valence electrons.